The molecule has 0 aromatic heterocycles. The number of nitrogens with one attached hydrogen (secondary N) is 4. The van der Waals surface area contributed by atoms with Gasteiger partial charge in [-0.05, 0) is 24.3 Å². The van der Waals surface area contributed by atoms with Crippen LogP contribution < -0.4 is 31.1 Å². The molecule has 0 fully saturated rings. The molecule has 1 aliphatic heterocycles. The van der Waals surface area contributed by atoms with E-state index in [1.54, 1.807) is 7.11 Å². The molecule has 2 aromatic rings. The normalized spacial score (nSPS) is 16.9. The maximum atomic E-state index is 5.94. The minimum atomic E-state index is -0.175. The summed E-state index contributed by atoms with van der Waals surface area (Å²) in [5.74, 6) is 1.84. The van der Waals surface area contributed by atoms with Crippen molar-refractivity contribution in [3.8, 4) is 5.75 Å². The number of hydrogen-bond acceptors (Lipinski definition) is 4. The quantitative estimate of drug-likeness (QED) is 0.494. The molecule has 0 unspecified atom stereocenters. The lowest BCUT2D eigenvalue weighted by Crippen LogP contribution is -3.02. The zero-order chi connectivity index (χ0) is 16.2. The van der Waals surface area contributed by atoms with Crippen molar-refractivity contribution >= 4 is 29.2 Å². The van der Waals surface area contributed by atoms with Crippen molar-refractivity contribution in [1.29, 1.82) is 0 Å². The summed E-state index contributed by atoms with van der Waals surface area (Å²) in [6.07, 6.45) is -0.175. The lowest BCUT2D eigenvalue weighted by Gasteiger charge is -2.15. The molecule has 0 saturated carbocycles. The van der Waals surface area contributed by atoms with Gasteiger partial charge in [-0.2, -0.15) is 5.32 Å². The van der Waals surface area contributed by atoms with Crippen molar-refractivity contribution in [1.82, 2.24) is 5.32 Å². The Morgan fingerprint density at radius 3 is 2.61 bits per heavy atom. The molecule has 1 aliphatic rings. The third kappa shape index (κ3) is 3.54. The molecular formula is C16H18ClN5O+2. The van der Waals surface area contributed by atoms with E-state index >= 15 is 0 Å². The summed E-state index contributed by atoms with van der Waals surface area (Å²) in [4.78, 5) is 6.44. The highest BCUT2D eigenvalue weighted by Crippen LogP contribution is 2.22. The van der Waals surface area contributed by atoms with Gasteiger partial charge in [-0.3, -0.25) is 5.73 Å². The van der Waals surface area contributed by atoms with Crippen LogP contribution in [-0.4, -0.2) is 19.0 Å². The van der Waals surface area contributed by atoms with Gasteiger partial charge in [0.1, 0.15) is 5.69 Å². The van der Waals surface area contributed by atoms with Crippen LogP contribution in [-0.2, 0) is 0 Å². The van der Waals surface area contributed by atoms with Crippen LogP contribution in [0.1, 0.15) is 11.7 Å². The molecule has 0 aliphatic carbocycles. The maximum absolute atomic E-state index is 5.94. The molecule has 0 radical (unpaired) electrons. The molecular weight excluding hydrogens is 314 g/mol. The fourth-order valence-corrected chi connectivity index (χ4v) is 2.44. The molecule has 1 atom stereocenters. The lowest BCUT2D eigenvalue weighted by molar-refractivity contribution is -0.753. The van der Waals surface area contributed by atoms with Crippen molar-refractivity contribution in [2.24, 2.45) is 5.73 Å². The van der Waals surface area contributed by atoms with Crippen molar-refractivity contribution in [3.63, 3.8) is 0 Å². The molecule has 0 saturated heterocycles. The standard InChI is InChI=1S/C16H16ClN5O/c1-23-13-5-3-2-4-12(13)19-16-21-14(20-15(18)22-16)10-6-8-11(17)9-7-10/h2-9,14H,1H3,(H4,18,19,20,21,22)/p+2/t14-/m0/s1. The van der Waals surface area contributed by atoms with E-state index in [0.29, 0.717) is 16.9 Å². The molecule has 2 aromatic carbocycles. The van der Waals surface area contributed by atoms with E-state index < -0.39 is 0 Å². The molecule has 0 bridgehead atoms. The van der Waals surface area contributed by atoms with Crippen LogP contribution in [0.4, 0.5) is 5.69 Å². The number of nitrogens with two attached hydrogens (primary N) is 1. The first kappa shape index (κ1) is 15.2. The van der Waals surface area contributed by atoms with Crippen molar-refractivity contribution in [2.75, 3.05) is 12.4 Å². The zero-order valence-electron chi connectivity index (χ0n) is 12.6. The van der Waals surface area contributed by atoms with Gasteiger partial charge in [-0.1, -0.05) is 35.9 Å². The summed E-state index contributed by atoms with van der Waals surface area (Å²) in [6.45, 7) is 0. The Kier molecular flexibility index (Phi) is 4.34. The second-order valence-corrected chi connectivity index (χ2v) is 5.45. The Bertz CT molecular complexity index is 757. The maximum Gasteiger partial charge on any atom is 0.361 e. The van der Waals surface area contributed by atoms with Crippen LogP contribution in [0.25, 0.3) is 0 Å². The van der Waals surface area contributed by atoms with E-state index in [0.717, 1.165) is 17.0 Å². The number of ether oxygens (including phenoxy) is 1. The van der Waals surface area contributed by atoms with E-state index in [9.17, 15) is 0 Å². The van der Waals surface area contributed by atoms with Crippen LogP contribution >= 0.6 is 11.6 Å². The summed E-state index contributed by atoms with van der Waals surface area (Å²) in [5.41, 5.74) is 7.78. The number of hydrogen-bond donors (Lipinski definition) is 5. The van der Waals surface area contributed by atoms with Gasteiger partial charge in [0, 0.05) is 10.6 Å². The molecule has 1 heterocycles. The third-order valence-corrected chi connectivity index (χ3v) is 3.67. The smallest absolute Gasteiger partial charge is 0.361 e. The van der Waals surface area contributed by atoms with Gasteiger partial charge in [0.25, 0.3) is 0 Å². The fraction of sp³-hybridized carbons (Fsp3) is 0.125. The second-order valence-electron chi connectivity index (χ2n) is 5.01. The lowest BCUT2D eigenvalue weighted by atomic mass is 10.2. The van der Waals surface area contributed by atoms with E-state index in [1.165, 1.54) is 0 Å². The Balaban J connectivity index is 1.86. The van der Waals surface area contributed by atoms with Gasteiger partial charge in [0.2, 0.25) is 6.17 Å². The predicted octanol–water partition coefficient (Wildman–Crippen LogP) is -1.11. The SMILES string of the molecule is COc1ccccc1NC1=[NH+][C@@H](c2ccc(Cl)cc2)[NH+]=C(N)N1. The first-order valence-corrected chi connectivity index (χ1v) is 7.48. The average Bonchev–Trinajstić information content (AvgIpc) is 2.55. The van der Waals surface area contributed by atoms with E-state index in [1.807, 2.05) is 48.5 Å². The predicted molar refractivity (Wildman–Crippen MR) is 90.1 cm³/mol. The number of rotatable bonds is 3. The number of methoxy groups -OCH3 is 1. The van der Waals surface area contributed by atoms with Gasteiger partial charge in [-0.25, -0.2) is 15.3 Å². The number of anilines is 1. The first-order valence-electron chi connectivity index (χ1n) is 7.10. The number of para-hydroxylation sites is 2. The topological polar surface area (TPSA) is 87.2 Å². The summed E-state index contributed by atoms with van der Waals surface area (Å²) < 4.78 is 5.34. The van der Waals surface area contributed by atoms with E-state index in [4.69, 9.17) is 22.1 Å². The minimum Gasteiger partial charge on any atom is -0.493 e. The molecule has 118 valence electrons. The average molecular weight is 332 g/mol. The van der Waals surface area contributed by atoms with Gasteiger partial charge in [0.15, 0.2) is 5.75 Å². The van der Waals surface area contributed by atoms with Gasteiger partial charge < -0.3 is 4.74 Å². The van der Waals surface area contributed by atoms with Crippen molar-refractivity contribution in [2.45, 2.75) is 6.17 Å². The van der Waals surface area contributed by atoms with Crippen LogP contribution in [0.3, 0.4) is 0 Å². The van der Waals surface area contributed by atoms with Crippen LogP contribution in [0, 0.1) is 0 Å². The minimum absolute atomic E-state index is 0.175. The number of halogens is 1. The molecule has 7 heteroatoms. The molecule has 0 spiro atoms. The summed E-state index contributed by atoms with van der Waals surface area (Å²) in [5, 5.41) is 6.96. The highest BCUT2D eigenvalue weighted by Gasteiger charge is 2.24. The van der Waals surface area contributed by atoms with Gasteiger partial charge in [0.05, 0.1) is 7.11 Å². The monoisotopic (exact) mass is 331 g/mol. The summed E-state index contributed by atoms with van der Waals surface area (Å²) in [7, 11) is 1.63. The van der Waals surface area contributed by atoms with Crippen LogP contribution in [0.2, 0.25) is 5.02 Å². The Labute approximate surface area is 139 Å². The molecule has 6 nitrogen and oxygen atoms in total. The Morgan fingerprint density at radius 2 is 1.87 bits per heavy atom. The van der Waals surface area contributed by atoms with Gasteiger partial charge in [-0.15, -0.1) is 0 Å². The highest BCUT2D eigenvalue weighted by molar-refractivity contribution is 6.30. The van der Waals surface area contributed by atoms with Crippen LogP contribution in [0.5, 0.6) is 5.75 Å². The van der Waals surface area contributed by atoms with E-state index in [-0.39, 0.29) is 6.17 Å². The first-order chi connectivity index (χ1) is 11.2. The van der Waals surface area contributed by atoms with E-state index in [2.05, 4.69) is 20.6 Å². The summed E-state index contributed by atoms with van der Waals surface area (Å²) in [6, 6.07) is 15.2. The highest BCUT2D eigenvalue weighted by atomic mass is 35.5. The second kappa shape index (κ2) is 6.58. The zero-order valence-corrected chi connectivity index (χ0v) is 13.3. The molecule has 6 N–H and O–H groups in total. The molecule has 23 heavy (non-hydrogen) atoms. The molecule has 3 rings (SSSR count). The third-order valence-electron chi connectivity index (χ3n) is 3.42. The van der Waals surface area contributed by atoms with Crippen LogP contribution in [0.15, 0.2) is 48.5 Å². The van der Waals surface area contributed by atoms with Gasteiger partial charge >= 0.3 is 11.9 Å². The van der Waals surface area contributed by atoms with Crippen molar-refractivity contribution in [3.05, 3.63) is 59.1 Å². The summed E-state index contributed by atoms with van der Waals surface area (Å²) >= 11 is 5.93. The Morgan fingerprint density at radius 1 is 1.13 bits per heavy atom. The largest absolute Gasteiger partial charge is 0.493 e. The van der Waals surface area contributed by atoms with Crippen molar-refractivity contribution < 1.29 is 14.7 Å². The fourth-order valence-electron chi connectivity index (χ4n) is 2.31. The number of guanidine groups is 2. The molecule has 0 amide bonds. The number of benzene rings is 2. The Hall–Kier alpha value is -2.73.